The van der Waals surface area contributed by atoms with E-state index in [0.29, 0.717) is 23.8 Å². The Hall–Kier alpha value is -2.54. The number of phenolic OH excluding ortho intramolecular Hbond substituents is 1. The average molecular weight is 376 g/mol. The first-order valence-corrected chi connectivity index (χ1v) is 9.96. The van der Waals surface area contributed by atoms with Gasteiger partial charge in [0.05, 0.1) is 17.7 Å². The first-order chi connectivity index (χ1) is 12.4. The molecule has 0 saturated heterocycles. The second kappa shape index (κ2) is 8.71. The molecular weight excluding hydrogens is 352 g/mol. The fraction of sp³-hybridized carbons (Fsp3) is 0.316. The maximum absolute atomic E-state index is 12.3. The van der Waals surface area contributed by atoms with E-state index >= 15 is 0 Å². The molecule has 2 aromatic rings. The van der Waals surface area contributed by atoms with Crippen LogP contribution in [-0.2, 0) is 10.0 Å². The average Bonchev–Trinajstić information content (AvgIpc) is 2.64. The largest absolute Gasteiger partial charge is 0.504 e. The van der Waals surface area contributed by atoms with Crippen LogP contribution in [0, 0.1) is 0 Å². The van der Waals surface area contributed by atoms with Crippen LogP contribution in [-0.4, -0.2) is 26.3 Å². The Morgan fingerprint density at radius 3 is 2.50 bits per heavy atom. The monoisotopic (exact) mass is 376 g/mol. The molecule has 7 heteroatoms. The van der Waals surface area contributed by atoms with Crippen LogP contribution >= 0.6 is 0 Å². The molecule has 0 aromatic heterocycles. The zero-order valence-corrected chi connectivity index (χ0v) is 16.0. The summed E-state index contributed by atoms with van der Waals surface area (Å²) >= 11 is 0. The molecule has 0 radical (unpaired) electrons. The second-order valence-electron chi connectivity index (χ2n) is 5.89. The molecule has 0 unspecified atom stereocenters. The van der Waals surface area contributed by atoms with Gasteiger partial charge in [-0.2, -0.15) is 13.5 Å². The molecule has 2 N–H and O–H groups in total. The van der Waals surface area contributed by atoms with Crippen molar-refractivity contribution < 1.29 is 18.3 Å². The van der Waals surface area contributed by atoms with E-state index in [4.69, 9.17) is 4.74 Å². The number of phenols is 1. The minimum atomic E-state index is -3.74. The highest BCUT2D eigenvalue weighted by Crippen LogP contribution is 2.26. The van der Waals surface area contributed by atoms with Gasteiger partial charge < -0.3 is 9.84 Å². The molecule has 0 saturated carbocycles. The Bertz CT molecular complexity index is 862. The Morgan fingerprint density at radius 1 is 1.19 bits per heavy atom. The van der Waals surface area contributed by atoms with Crippen molar-refractivity contribution >= 4 is 16.2 Å². The van der Waals surface area contributed by atoms with Gasteiger partial charge in [-0.15, -0.1) is 0 Å². The first-order valence-electron chi connectivity index (χ1n) is 8.48. The van der Waals surface area contributed by atoms with Crippen molar-refractivity contribution in [1.82, 2.24) is 4.83 Å². The van der Waals surface area contributed by atoms with Crippen molar-refractivity contribution in [2.45, 2.75) is 38.0 Å². The second-order valence-corrected chi connectivity index (χ2v) is 7.55. The number of hydrogen-bond acceptors (Lipinski definition) is 5. The Labute approximate surface area is 154 Å². The third-order valence-corrected chi connectivity index (χ3v) is 5.28. The number of rotatable bonds is 8. The highest BCUT2D eigenvalue weighted by atomic mass is 32.2. The van der Waals surface area contributed by atoms with Gasteiger partial charge in [0.2, 0.25) is 0 Å². The third-order valence-electron chi connectivity index (χ3n) is 4.04. The lowest BCUT2D eigenvalue weighted by Crippen LogP contribution is -2.18. The fourth-order valence-corrected chi connectivity index (χ4v) is 3.11. The molecule has 0 fully saturated rings. The van der Waals surface area contributed by atoms with E-state index in [-0.39, 0.29) is 10.6 Å². The number of nitrogens with one attached hydrogen (secondary N) is 1. The summed E-state index contributed by atoms with van der Waals surface area (Å²) in [5.74, 6) is 0.720. The van der Waals surface area contributed by atoms with Gasteiger partial charge in [-0.25, -0.2) is 4.83 Å². The fourth-order valence-electron chi connectivity index (χ4n) is 2.32. The molecule has 0 aliphatic rings. The van der Waals surface area contributed by atoms with Crippen LogP contribution < -0.4 is 9.57 Å². The predicted molar refractivity (Wildman–Crippen MR) is 102 cm³/mol. The van der Waals surface area contributed by atoms with E-state index in [1.807, 2.05) is 12.1 Å². The topological polar surface area (TPSA) is 88.0 Å². The van der Waals surface area contributed by atoms with Gasteiger partial charge in [-0.05, 0) is 60.7 Å². The molecule has 140 valence electrons. The van der Waals surface area contributed by atoms with Gasteiger partial charge in [0.15, 0.2) is 11.5 Å². The maximum atomic E-state index is 12.3. The normalized spacial score (nSPS) is 12.9. The molecule has 0 aliphatic heterocycles. The zero-order chi connectivity index (χ0) is 19.2. The maximum Gasteiger partial charge on any atom is 0.276 e. The van der Waals surface area contributed by atoms with Crippen LogP contribution in [0.1, 0.15) is 44.2 Å². The van der Waals surface area contributed by atoms with Crippen molar-refractivity contribution in [3.63, 3.8) is 0 Å². The molecular formula is C19H24N2O4S. The molecule has 6 nitrogen and oxygen atoms in total. The summed E-state index contributed by atoms with van der Waals surface area (Å²) in [4.78, 5) is 2.35. The summed E-state index contributed by atoms with van der Waals surface area (Å²) in [5, 5.41) is 13.5. The minimum Gasteiger partial charge on any atom is -0.504 e. The lowest BCUT2D eigenvalue weighted by atomic mass is 9.99. The number of hydrazone groups is 1. The summed E-state index contributed by atoms with van der Waals surface area (Å²) in [7, 11) is -3.74. The molecule has 0 aliphatic carbocycles. The molecule has 1 atom stereocenters. The molecule has 0 bridgehead atoms. The number of benzene rings is 2. The highest BCUT2D eigenvalue weighted by Gasteiger charge is 2.13. The van der Waals surface area contributed by atoms with Gasteiger partial charge in [-0.3, -0.25) is 0 Å². The standard InChI is InChI=1S/C19H24N2O4S/c1-4-14(3)16-7-9-17(10-8-16)26(23,24)21-20-13-15-6-11-18(22)19(12-15)25-5-2/h6-14,21-22H,4-5H2,1-3H3/b20-13-/t14-/m0/s1. The van der Waals surface area contributed by atoms with E-state index in [0.717, 1.165) is 12.0 Å². The lowest BCUT2D eigenvalue weighted by molar-refractivity contribution is 0.318. The van der Waals surface area contributed by atoms with Crippen molar-refractivity contribution in [3.05, 3.63) is 53.6 Å². The quantitative estimate of drug-likeness (QED) is 0.544. The van der Waals surface area contributed by atoms with E-state index < -0.39 is 10.0 Å². The SMILES string of the molecule is CCOc1cc(/C=N\NS(=O)(=O)c2ccc([C@@H](C)CC)cc2)ccc1O. The molecule has 26 heavy (non-hydrogen) atoms. The first kappa shape index (κ1) is 19.8. The van der Waals surface area contributed by atoms with Crippen LogP contribution in [0.3, 0.4) is 0 Å². The van der Waals surface area contributed by atoms with Crippen LogP contribution in [0.4, 0.5) is 0 Å². The summed E-state index contributed by atoms with van der Waals surface area (Å²) in [6.07, 6.45) is 2.35. The predicted octanol–water partition coefficient (Wildman–Crippen LogP) is 3.62. The van der Waals surface area contributed by atoms with E-state index in [1.165, 1.54) is 12.3 Å². The van der Waals surface area contributed by atoms with Gasteiger partial charge in [0.25, 0.3) is 10.0 Å². The van der Waals surface area contributed by atoms with Gasteiger partial charge in [0, 0.05) is 0 Å². The Kier molecular flexibility index (Phi) is 6.63. The van der Waals surface area contributed by atoms with Crippen LogP contribution in [0.2, 0.25) is 0 Å². The van der Waals surface area contributed by atoms with Crippen molar-refractivity contribution in [3.8, 4) is 11.5 Å². The number of aromatic hydroxyl groups is 1. The van der Waals surface area contributed by atoms with Crippen LogP contribution in [0.5, 0.6) is 11.5 Å². The van der Waals surface area contributed by atoms with Gasteiger partial charge in [-0.1, -0.05) is 26.0 Å². The number of hydrogen-bond donors (Lipinski definition) is 2. The summed E-state index contributed by atoms with van der Waals surface area (Å²) in [5.41, 5.74) is 1.70. The van der Waals surface area contributed by atoms with Crippen LogP contribution in [0.25, 0.3) is 0 Å². The third kappa shape index (κ3) is 4.98. The number of sulfonamides is 1. The Morgan fingerprint density at radius 2 is 1.88 bits per heavy atom. The Balaban J connectivity index is 2.10. The van der Waals surface area contributed by atoms with Crippen molar-refractivity contribution in [2.24, 2.45) is 5.10 Å². The summed E-state index contributed by atoms with van der Waals surface area (Å²) in [6, 6.07) is 11.4. The molecule has 0 spiro atoms. The molecule has 0 heterocycles. The molecule has 0 amide bonds. The molecule has 2 aromatic carbocycles. The van der Waals surface area contributed by atoms with Gasteiger partial charge >= 0.3 is 0 Å². The summed E-state index contributed by atoms with van der Waals surface area (Å²) < 4.78 is 29.9. The smallest absolute Gasteiger partial charge is 0.276 e. The highest BCUT2D eigenvalue weighted by molar-refractivity contribution is 7.89. The lowest BCUT2D eigenvalue weighted by Gasteiger charge is -2.10. The van der Waals surface area contributed by atoms with E-state index in [1.54, 1.807) is 31.2 Å². The minimum absolute atomic E-state index is 0.0194. The zero-order valence-electron chi connectivity index (χ0n) is 15.1. The van der Waals surface area contributed by atoms with Gasteiger partial charge in [0.1, 0.15) is 0 Å². The van der Waals surface area contributed by atoms with Crippen LogP contribution in [0.15, 0.2) is 52.5 Å². The number of nitrogens with zero attached hydrogens (tertiary/aromatic N) is 1. The molecule has 2 rings (SSSR count). The summed E-state index contributed by atoms with van der Waals surface area (Å²) in [6.45, 7) is 6.40. The number of ether oxygens (including phenoxy) is 1. The van der Waals surface area contributed by atoms with E-state index in [9.17, 15) is 13.5 Å². The van der Waals surface area contributed by atoms with Crippen molar-refractivity contribution in [1.29, 1.82) is 0 Å². The van der Waals surface area contributed by atoms with E-state index in [2.05, 4.69) is 23.8 Å². The van der Waals surface area contributed by atoms with Crippen molar-refractivity contribution in [2.75, 3.05) is 6.61 Å².